The maximum atomic E-state index is 18.4. The van der Waals surface area contributed by atoms with Gasteiger partial charge in [-0.05, 0) is 0 Å². The standard InChI is InChI=1S/2C20H16F2N.2C5H5O2.Ti/c2*1-15-7-10-18(11-8-15)23(14-16-5-3-2-4-6-16)20-12-9-17(21)13-19(20)22;2*6-4-2-1-3-5(4)7;/h2*2-12H,14H2,1H3;2*2H,1,3H2;. The van der Waals surface area contributed by atoms with Gasteiger partial charge in [0, 0.05) is 0 Å². The number of anilines is 4. The van der Waals surface area contributed by atoms with Gasteiger partial charge in [0.1, 0.15) is 0 Å². The molecule has 0 aliphatic heterocycles. The van der Waals surface area contributed by atoms with Crippen LogP contribution >= 0.6 is 0 Å². The van der Waals surface area contributed by atoms with Crippen molar-refractivity contribution in [3.05, 3.63) is 179 Å². The zero-order valence-electron chi connectivity index (χ0n) is 33.6. The van der Waals surface area contributed by atoms with Crippen LogP contribution in [0.2, 0.25) is 8.45 Å². The van der Waals surface area contributed by atoms with Crippen LogP contribution < -0.4 is 17.5 Å². The van der Waals surface area contributed by atoms with E-state index in [2.05, 4.69) is 0 Å². The number of hydrogen-bond acceptors (Lipinski definition) is 6. The summed E-state index contributed by atoms with van der Waals surface area (Å²) < 4.78 is 66.8. The monoisotopic (exact) mass is 858 g/mol. The SMILES string of the molecule is Cc1ccc(N(Cc2ccccc2)c2ccc(F)[c]([Ti]([c]3c(F)ccc(N(Cc4ccccc4)c4ccc(C)cc4)c3F)([CH]3CCC(=O)C3=O)[CH]3CCC(=O)C3=O)c2F)cc1. The molecule has 0 aromatic heterocycles. The molecule has 8 rings (SSSR count). The van der Waals surface area contributed by atoms with Gasteiger partial charge in [-0.2, -0.15) is 0 Å². The van der Waals surface area contributed by atoms with E-state index < -0.39 is 79.2 Å². The number of carbonyl (C=O) groups excluding carboxylic acids is 4. The number of Topliss-reactive ketones (excluding diaryl/α,β-unsaturated/α-hetero) is 4. The van der Waals surface area contributed by atoms with Gasteiger partial charge in [0.25, 0.3) is 0 Å². The molecule has 2 aliphatic rings. The molecule has 0 radical (unpaired) electrons. The van der Waals surface area contributed by atoms with Gasteiger partial charge in [-0.15, -0.1) is 0 Å². The van der Waals surface area contributed by atoms with Crippen LogP contribution in [-0.4, -0.2) is 23.1 Å². The zero-order chi connectivity index (χ0) is 43.0. The summed E-state index contributed by atoms with van der Waals surface area (Å²) in [7, 11) is 0. The van der Waals surface area contributed by atoms with Crippen LogP contribution in [-0.2, 0) is 48.9 Å². The van der Waals surface area contributed by atoms with Gasteiger partial charge >= 0.3 is 357 Å². The third kappa shape index (κ3) is 7.68. The van der Waals surface area contributed by atoms with E-state index in [0.717, 1.165) is 34.4 Å². The summed E-state index contributed by atoms with van der Waals surface area (Å²) in [6.07, 6.45) is -1.27. The van der Waals surface area contributed by atoms with Crippen molar-refractivity contribution in [2.75, 3.05) is 9.80 Å². The molecule has 2 atom stereocenters. The van der Waals surface area contributed by atoms with E-state index in [0.29, 0.717) is 11.4 Å². The molecule has 2 fully saturated rings. The molecular weight excluding hydrogens is 816 g/mol. The van der Waals surface area contributed by atoms with Crippen LogP contribution in [0.3, 0.4) is 0 Å². The van der Waals surface area contributed by atoms with Gasteiger partial charge in [0.15, 0.2) is 0 Å². The van der Waals surface area contributed by atoms with E-state index in [4.69, 9.17) is 0 Å². The fourth-order valence-electron chi connectivity index (χ4n) is 9.25. The second kappa shape index (κ2) is 17.2. The van der Waals surface area contributed by atoms with Gasteiger partial charge in [-0.3, -0.25) is 0 Å². The molecule has 0 heterocycles. The number of halogens is 4. The van der Waals surface area contributed by atoms with Crippen molar-refractivity contribution in [1.82, 2.24) is 0 Å². The van der Waals surface area contributed by atoms with Crippen molar-refractivity contribution in [3.63, 3.8) is 0 Å². The first kappa shape index (κ1) is 41.8. The summed E-state index contributed by atoms with van der Waals surface area (Å²) in [6.45, 7) is 3.94. The fourth-order valence-corrected chi connectivity index (χ4v) is 19.3. The third-order valence-corrected chi connectivity index (χ3v) is 21.4. The summed E-state index contributed by atoms with van der Waals surface area (Å²) in [4.78, 5) is 58.4. The predicted octanol–water partition coefficient (Wildman–Crippen LogP) is 10.1. The molecule has 2 saturated carbocycles. The zero-order valence-corrected chi connectivity index (χ0v) is 35.2. The number of hydrogen-bond donors (Lipinski definition) is 0. The number of carbonyl (C=O) groups is 4. The Hall–Kier alpha value is -5.97. The molecule has 2 aliphatic carbocycles. The first-order valence-corrected chi connectivity index (χ1v) is 23.6. The molecule has 6 aromatic rings. The number of nitrogens with zero attached hydrogens (tertiary/aromatic N) is 2. The minimum absolute atomic E-state index is 0.0801. The van der Waals surface area contributed by atoms with Gasteiger partial charge in [-0.1, -0.05) is 0 Å². The topological polar surface area (TPSA) is 74.8 Å². The molecule has 6 aromatic carbocycles. The minimum atomic E-state index is -6.19. The van der Waals surface area contributed by atoms with E-state index >= 15 is 17.6 Å². The van der Waals surface area contributed by atoms with E-state index in [1.807, 2.05) is 98.8 Å². The molecule has 2 unspecified atom stereocenters. The molecule has 0 bridgehead atoms. The van der Waals surface area contributed by atoms with Crippen LogP contribution in [0.5, 0.6) is 0 Å². The Morgan fingerprint density at radius 2 is 0.852 bits per heavy atom. The number of aryl methyl sites for hydroxylation is 2. The van der Waals surface area contributed by atoms with Crippen molar-refractivity contribution in [3.8, 4) is 0 Å². The number of ketones is 4. The molecule has 61 heavy (non-hydrogen) atoms. The molecule has 0 spiro atoms. The third-order valence-electron chi connectivity index (χ3n) is 12.2. The van der Waals surface area contributed by atoms with Gasteiger partial charge < -0.3 is 0 Å². The maximum absolute atomic E-state index is 18.4. The summed E-state index contributed by atoms with van der Waals surface area (Å²) >= 11 is -6.19. The van der Waals surface area contributed by atoms with Crippen molar-refractivity contribution in [2.45, 2.75) is 61.1 Å². The quantitative estimate of drug-likeness (QED) is 0.0694. The first-order valence-electron chi connectivity index (χ1n) is 20.3. The Morgan fingerprint density at radius 1 is 0.492 bits per heavy atom. The normalized spacial score (nSPS) is 16.7. The van der Waals surface area contributed by atoms with Gasteiger partial charge in [-0.25, -0.2) is 0 Å². The summed E-state index contributed by atoms with van der Waals surface area (Å²) in [5.74, 6) is -8.65. The Balaban J connectivity index is 1.46. The fraction of sp³-hybridized carbons (Fsp3) is 0.200. The number of benzene rings is 6. The van der Waals surface area contributed by atoms with Crippen LogP contribution in [0, 0.1) is 37.1 Å². The van der Waals surface area contributed by atoms with E-state index in [1.54, 1.807) is 34.1 Å². The molecule has 0 saturated heterocycles. The molecule has 308 valence electrons. The Kier molecular flexibility index (Phi) is 11.8. The van der Waals surface area contributed by atoms with E-state index in [1.165, 1.54) is 12.1 Å². The molecule has 0 N–H and O–H groups in total. The Morgan fingerprint density at radius 3 is 1.18 bits per heavy atom. The molecule has 11 heteroatoms. The summed E-state index contributed by atoms with van der Waals surface area (Å²) in [6, 6.07) is 37.1. The van der Waals surface area contributed by atoms with Gasteiger partial charge in [0.05, 0.1) is 0 Å². The average molecular weight is 859 g/mol. The predicted molar refractivity (Wildman–Crippen MR) is 225 cm³/mol. The first-order chi connectivity index (χ1) is 29.4. The van der Waals surface area contributed by atoms with Gasteiger partial charge in [0.2, 0.25) is 0 Å². The van der Waals surface area contributed by atoms with E-state index in [-0.39, 0.29) is 50.1 Å². The van der Waals surface area contributed by atoms with Crippen LogP contribution in [0.15, 0.2) is 133 Å². The second-order valence-electron chi connectivity index (χ2n) is 16.0. The van der Waals surface area contributed by atoms with Crippen molar-refractivity contribution < 1.29 is 53.3 Å². The van der Waals surface area contributed by atoms with Crippen molar-refractivity contribution in [1.29, 1.82) is 0 Å². The molecular formula is C50H42F4N2O4Ti. The van der Waals surface area contributed by atoms with Crippen molar-refractivity contribution >= 4 is 53.6 Å². The molecule has 6 nitrogen and oxygen atoms in total. The Bertz CT molecular complexity index is 2470. The van der Waals surface area contributed by atoms with Crippen LogP contribution in [0.4, 0.5) is 40.3 Å². The van der Waals surface area contributed by atoms with Crippen LogP contribution in [0.1, 0.15) is 47.9 Å². The van der Waals surface area contributed by atoms with Crippen molar-refractivity contribution in [2.24, 2.45) is 0 Å². The average Bonchev–Trinajstić information content (AvgIpc) is 3.78. The van der Waals surface area contributed by atoms with Crippen LogP contribution in [0.25, 0.3) is 0 Å². The number of rotatable bonds is 12. The molecule has 0 amide bonds. The summed E-state index contributed by atoms with van der Waals surface area (Å²) in [5.41, 5.74) is 4.04. The summed E-state index contributed by atoms with van der Waals surface area (Å²) in [5, 5.41) is 0. The Labute approximate surface area is 355 Å². The van der Waals surface area contributed by atoms with E-state index in [9.17, 15) is 19.2 Å². The second-order valence-corrected chi connectivity index (χ2v) is 22.4.